The van der Waals surface area contributed by atoms with E-state index in [0.29, 0.717) is 25.4 Å². The summed E-state index contributed by atoms with van der Waals surface area (Å²) in [6, 6.07) is 0. The summed E-state index contributed by atoms with van der Waals surface area (Å²) in [7, 11) is 0. The summed E-state index contributed by atoms with van der Waals surface area (Å²) in [5.41, 5.74) is 2.71. The Morgan fingerprint density at radius 2 is 2.00 bits per heavy atom. The molecule has 14 heavy (non-hydrogen) atoms. The van der Waals surface area contributed by atoms with Crippen LogP contribution in [0.3, 0.4) is 0 Å². The van der Waals surface area contributed by atoms with Crippen molar-refractivity contribution in [3.63, 3.8) is 0 Å². The van der Waals surface area contributed by atoms with Gasteiger partial charge in [-0.05, 0) is 33.1 Å². The predicted octanol–water partition coefficient (Wildman–Crippen LogP) is 2.48. The van der Waals surface area contributed by atoms with Crippen molar-refractivity contribution in [2.45, 2.75) is 39.5 Å². The largest absolute Gasteiger partial charge is 0.380 e. The van der Waals surface area contributed by atoms with Gasteiger partial charge in [0, 0.05) is 6.42 Å². The maximum absolute atomic E-state index is 11.9. The Bertz CT molecular complexity index is 291. The third-order valence-corrected chi connectivity index (χ3v) is 3.75. The van der Waals surface area contributed by atoms with Crippen molar-refractivity contribution in [1.29, 1.82) is 0 Å². The van der Waals surface area contributed by atoms with Gasteiger partial charge in [-0.3, -0.25) is 4.79 Å². The van der Waals surface area contributed by atoms with Crippen LogP contribution in [0, 0.1) is 5.41 Å². The van der Waals surface area contributed by atoms with E-state index in [0.717, 1.165) is 19.3 Å². The standard InChI is InChI=1S/C12H18O2/c1-9-3-5-12(7-10(9)2)8-14-6-4-11(12)13/h3-8H2,1-2H3. The number of ketones is 1. The quantitative estimate of drug-likeness (QED) is 0.554. The van der Waals surface area contributed by atoms with E-state index < -0.39 is 0 Å². The third kappa shape index (κ3) is 1.52. The van der Waals surface area contributed by atoms with Crippen LogP contribution in [0.15, 0.2) is 11.1 Å². The molecule has 1 spiro atoms. The highest BCUT2D eigenvalue weighted by Crippen LogP contribution is 2.42. The second kappa shape index (κ2) is 3.50. The Kier molecular flexibility index (Phi) is 2.48. The van der Waals surface area contributed by atoms with E-state index in [9.17, 15) is 4.79 Å². The first kappa shape index (κ1) is 9.91. The number of carbonyl (C=O) groups is 1. The first-order chi connectivity index (χ1) is 6.64. The van der Waals surface area contributed by atoms with Crippen molar-refractivity contribution in [3.8, 4) is 0 Å². The second-order valence-electron chi connectivity index (χ2n) is 4.74. The molecule has 0 saturated carbocycles. The van der Waals surface area contributed by atoms with E-state index in [1.54, 1.807) is 0 Å². The molecule has 2 nitrogen and oxygen atoms in total. The number of carbonyl (C=O) groups excluding carboxylic acids is 1. The Labute approximate surface area is 85.3 Å². The summed E-state index contributed by atoms with van der Waals surface area (Å²) in [6.45, 7) is 5.60. The van der Waals surface area contributed by atoms with Crippen molar-refractivity contribution in [3.05, 3.63) is 11.1 Å². The summed E-state index contributed by atoms with van der Waals surface area (Å²) in [4.78, 5) is 11.9. The molecule has 0 bridgehead atoms. The molecule has 0 aromatic carbocycles. The fourth-order valence-electron chi connectivity index (χ4n) is 2.53. The van der Waals surface area contributed by atoms with Crippen LogP contribution in [-0.4, -0.2) is 19.0 Å². The van der Waals surface area contributed by atoms with Crippen molar-refractivity contribution < 1.29 is 9.53 Å². The molecular weight excluding hydrogens is 176 g/mol. The average molecular weight is 194 g/mol. The molecule has 0 amide bonds. The lowest BCUT2D eigenvalue weighted by Gasteiger charge is -2.39. The molecule has 0 aromatic rings. The minimum Gasteiger partial charge on any atom is -0.380 e. The molecule has 1 aliphatic carbocycles. The van der Waals surface area contributed by atoms with Gasteiger partial charge >= 0.3 is 0 Å². The van der Waals surface area contributed by atoms with E-state index >= 15 is 0 Å². The Morgan fingerprint density at radius 1 is 1.21 bits per heavy atom. The molecule has 2 rings (SSSR count). The SMILES string of the molecule is CC1=C(C)CC2(CC1)COCCC2=O. The van der Waals surface area contributed by atoms with Crippen LogP contribution >= 0.6 is 0 Å². The average Bonchev–Trinajstić information content (AvgIpc) is 2.17. The number of hydrogen-bond donors (Lipinski definition) is 0. The van der Waals surface area contributed by atoms with Crippen molar-refractivity contribution in [2.75, 3.05) is 13.2 Å². The highest BCUT2D eigenvalue weighted by atomic mass is 16.5. The lowest BCUT2D eigenvalue weighted by atomic mass is 9.68. The van der Waals surface area contributed by atoms with Crippen LogP contribution in [0.4, 0.5) is 0 Å². The summed E-state index contributed by atoms with van der Waals surface area (Å²) in [5, 5.41) is 0. The highest BCUT2D eigenvalue weighted by Gasteiger charge is 2.42. The number of ether oxygens (including phenoxy) is 1. The Hall–Kier alpha value is -0.630. The van der Waals surface area contributed by atoms with Crippen LogP contribution < -0.4 is 0 Å². The van der Waals surface area contributed by atoms with E-state index in [1.165, 1.54) is 11.1 Å². The molecule has 0 N–H and O–H groups in total. The lowest BCUT2D eigenvalue weighted by molar-refractivity contribution is -0.141. The molecule has 1 heterocycles. The number of hydrogen-bond acceptors (Lipinski definition) is 2. The zero-order valence-electron chi connectivity index (χ0n) is 9.06. The minimum atomic E-state index is -0.151. The van der Waals surface area contributed by atoms with Crippen molar-refractivity contribution in [1.82, 2.24) is 0 Å². The smallest absolute Gasteiger partial charge is 0.143 e. The van der Waals surface area contributed by atoms with Crippen LogP contribution in [-0.2, 0) is 9.53 Å². The van der Waals surface area contributed by atoms with Crippen LogP contribution in [0.25, 0.3) is 0 Å². The summed E-state index contributed by atoms with van der Waals surface area (Å²) in [6.07, 6.45) is 3.61. The van der Waals surface area contributed by atoms with E-state index in [4.69, 9.17) is 4.74 Å². The van der Waals surface area contributed by atoms with Gasteiger partial charge in [-0.2, -0.15) is 0 Å². The van der Waals surface area contributed by atoms with Crippen molar-refractivity contribution >= 4 is 5.78 Å². The minimum absolute atomic E-state index is 0.151. The van der Waals surface area contributed by atoms with Gasteiger partial charge in [0.15, 0.2) is 0 Å². The zero-order chi connectivity index (χ0) is 10.2. The first-order valence-electron chi connectivity index (χ1n) is 5.40. The molecule has 1 fully saturated rings. The van der Waals surface area contributed by atoms with Gasteiger partial charge in [0.25, 0.3) is 0 Å². The topological polar surface area (TPSA) is 26.3 Å². The summed E-state index contributed by atoms with van der Waals surface area (Å²) >= 11 is 0. The molecule has 1 atom stereocenters. The number of allylic oxidation sites excluding steroid dienone is 2. The van der Waals surface area contributed by atoms with Crippen LogP contribution in [0.2, 0.25) is 0 Å². The maximum atomic E-state index is 11.9. The predicted molar refractivity (Wildman–Crippen MR) is 55.1 cm³/mol. The second-order valence-corrected chi connectivity index (χ2v) is 4.74. The van der Waals surface area contributed by atoms with Gasteiger partial charge in [-0.15, -0.1) is 0 Å². The monoisotopic (exact) mass is 194 g/mol. The van der Waals surface area contributed by atoms with E-state index in [2.05, 4.69) is 13.8 Å². The summed E-state index contributed by atoms with van der Waals surface area (Å²) in [5.74, 6) is 0.426. The number of rotatable bonds is 0. The molecule has 2 heteroatoms. The zero-order valence-corrected chi connectivity index (χ0v) is 9.06. The van der Waals surface area contributed by atoms with Crippen LogP contribution in [0.1, 0.15) is 39.5 Å². The van der Waals surface area contributed by atoms with E-state index in [-0.39, 0.29) is 5.41 Å². The first-order valence-corrected chi connectivity index (χ1v) is 5.40. The van der Waals surface area contributed by atoms with Gasteiger partial charge in [0.05, 0.1) is 18.6 Å². The molecule has 1 unspecified atom stereocenters. The normalized spacial score (nSPS) is 34.0. The number of Topliss-reactive ketones (excluding diaryl/α,β-unsaturated/α-hetero) is 1. The van der Waals surface area contributed by atoms with Gasteiger partial charge < -0.3 is 4.74 Å². The molecule has 1 aliphatic heterocycles. The van der Waals surface area contributed by atoms with Gasteiger partial charge in [-0.1, -0.05) is 11.1 Å². The maximum Gasteiger partial charge on any atom is 0.143 e. The molecule has 0 radical (unpaired) electrons. The highest BCUT2D eigenvalue weighted by molar-refractivity contribution is 5.86. The Morgan fingerprint density at radius 3 is 2.64 bits per heavy atom. The lowest BCUT2D eigenvalue weighted by Crippen LogP contribution is -2.42. The summed E-state index contributed by atoms with van der Waals surface area (Å²) < 4.78 is 5.47. The Balaban J connectivity index is 2.21. The van der Waals surface area contributed by atoms with E-state index in [1.807, 2.05) is 0 Å². The molecule has 78 valence electrons. The van der Waals surface area contributed by atoms with Gasteiger partial charge in [0.1, 0.15) is 5.78 Å². The molecular formula is C12H18O2. The molecule has 2 aliphatic rings. The fraction of sp³-hybridized carbons (Fsp3) is 0.750. The third-order valence-electron chi connectivity index (χ3n) is 3.75. The van der Waals surface area contributed by atoms with Gasteiger partial charge in [-0.25, -0.2) is 0 Å². The molecule has 1 saturated heterocycles. The van der Waals surface area contributed by atoms with Gasteiger partial charge in [0.2, 0.25) is 0 Å². The fourth-order valence-corrected chi connectivity index (χ4v) is 2.53. The van der Waals surface area contributed by atoms with Crippen molar-refractivity contribution in [2.24, 2.45) is 5.41 Å². The molecule has 0 aromatic heterocycles. The van der Waals surface area contributed by atoms with Crippen LogP contribution in [0.5, 0.6) is 0 Å².